The lowest BCUT2D eigenvalue weighted by Crippen LogP contribution is -2.47. The highest BCUT2D eigenvalue weighted by Gasteiger charge is 2.29. The number of halogens is 1. The normalized spacial score (nSPS) is 26.9. The number of sulfone groups is 1. The van der Waals surface area contributed by atoms with Crippen LogP contribution in [0.25, 0.3) is 0 Å². The average molecular weight is 471 g/mol. The second-order valence-electron chi connectivity index (χ2n) is 8.34. The highest BCUT2D eigenvalue weighted by Crippen LogP contribution is 2.34. The van der Waals surface area contributed by atoms with Crippen LogP contribution in [-0.4, -0.2) is 44.5 Å². The van der Waals surface area contributed by atoms with Crippen molar-refractivity contribution in [3.63, 3.8) is 0 Å². The zero-order valence-corrected chi connectivity index (χ0v) is 18.6. The van der Waals surface area contributed by atoms with Crippen molar-refractivity contribution in [3.8, 4) is 0 Å². The van der Waals surface area contributed by atoms with Crippen LogP contribution in [0.1, 0.15) is 59.8 Å². The van der Waals surface area contributed by atoms with Crippen molar-refractivity contribution in [2.75, 3.05) is 18.1 Å². The predicted molar refractivity (Wildman–Crippen MR) is 112 cm³/mol. The van der Waals surface area contributed by atoms with E-state index in [4.69, 9.17) is 0 Å². The van der Waals surface area contributed by atoms with Crippen molar-refractivity contribution in [1.29, 1.82) is 0 Å². The number of aliphatic imine (C=N–C) groups is 1. The van der Waals surface area contributed by atoms with E-state index in [1.807, 2.05) is 0 Å². The molecule has 24 heavy (non-hydrogen) atoms. The van der Waals surface area contributed by atoms with Gasteiger partial charge >= 0.3 is 0 Å². The van der Waals surface area contributed by atoms with E-state index >= 15 is 0 Å². The van der Waals surface area contributed by atoms with Gasteiger partial charge in [0.25, 0.3) is 0 Å². The Morgan fingerprint density at radius 2 is 1.83 bits per heavy atom. The second-order valence-corrected chi connectivity index (χ2v) is 10.6. The quantitative estimate of drug-likeness (QED) is 0.376. The Bertz CT molecular complexity index is 522. The van der Waals surface area contributed by atoms with E-state index in [1.165, 1.54) is 25.7 Å². The van der Waals surface area contributed by atoms with Gasteiger partial charge in [-0.2, -0.15) is 0 Å². The standard InChI is InChI=1S/C17H33N3O2S.HI/c1-13(2)19-16(18-11-14-7-10-23(21,22)12-14)20-15-5-8-17(3,4)9-6-15;/h13-15H,5-12H2,1-4H3,(H2,18,19,20);1H. The summed E-state index contributed by atoms with van der Waals surface area (Å²) in [5.74, 6) is 1.64. The largest absolute Gasteiger partial charge is 0.354 e. The highest BCUT2D eigenvalue weighted by atomic mass is 127. The lowest BCUT2D eigenvalue weighted by Gasteiger charge is -2.35. The molecule has 142 valence electrons. The van der Waals surface area contributed by atoms with Gasteiger partial charge in [0.1, 0.15) is 0 Å². The van der Waals surface area contributed by atoms with Crippen molar-refractivity contribution in [2.24, 2.45) is 16.3 Å². The summed E-state index contributed by atoms with van der Waals surface area (Å²) in [5.41, 5.74) is 0.458. The van der Waals surface area contributed by atoms with Gasteiger partial charge in [-0.3, -0.25) is 4.99 Å². The van der Waals surface area contributed by atoms with Crippen molar-refractivity contribution < 1.29 is 8.42 Å². The SMILES string of the molecule is CC(C)NC(=NCC1CCS(=O)(=O)C1)NC1CCC(C)(C)CC1.I. The van der Waals surface area contributed by atoms with Crippen LogP contribution in [0.5, 0.6) is 0 Å². The molecule has 1 unspecified atom stereocenters. The summed E-state index contributed by atoms with van der Waals surface area (Å²) >= 11 is 0. The molecule has 2 aliphatic rings. The van der Waals surface area contributed by atoms with Crippen LogP contribution in [0.15, 0.2) is 4.99 Å². The predicted octanol–water partition coefficient (Wildman–Crippen LogP) is 2.95. The molecule has 1 heterocycles. The van der Waals surface area contributed by atoms with Gasteiger partial charge in [-0.05, 0) is 57.3 Å². The van der Waals surface area contributed by atoms with Crippen LogP contribution in [0, 0.1) is 11.3 Å². The fourth-order valence-corrected chi connectivity index (χ4v) is 5.23. The van der Waals surface area contributed by atoms with Gasteiger partial charge < -0.3 is 10.6 Å². The molecule has 1 atom stereocenters. The monoisotopic (exact) mass is 471 g/mol. The van der Waals surface area contributed by atoms with E-state index in [-0.39, 0.29) is 29.9 Å². The molecule has 7 heteroatoms. The summed E-state index contributed by atoms with van der Waals surface area (Å²) in [5, 5.41) is 6.94. The van der Waals surface area contributed by atoms with Crippen LogP contribution in [0.2, 0.25) is 0 Å². The number of nitrogens with zero attached hydrogens (tertiary/aromatic N) is 1. The maximum Gasteiger partial charge on any atom is 0.191 e. The van der Waals surface area contributed by atoms with E-state index in [1.54, 1.807) is 0 Å². The van der Waals surface area contributed by atoms with Gasteiger partial charge in [-0.25, -0.2) is 8.42 Å². The third-order valence-corrected chi connectivity index (χ3v) is 6.78. The molecule has 1 aliphatic heterocycles. The van der Waals surface area contributed by atoms with E-state index in [0.717, 1.165) is 12.4 Å². The molecule has 1 saturated carbocycles. The molecular formula is C17H34IN3O2S. The van der Waals surface area contributed by atoms with Crippen LogP contribution in [0.4, 0.5) is 0 Å². The minimum absolute atomic E-state index is 0. The van der Waals surface area contributed by atoms with Gasteiger partial charge in [-0.1, -0.05) is 13.8 Å². The maximum atomic E-state index is 11.6. The lowest BCUT2D eigenvalue weighted by atomic mass is 9.75. The zero-order chi connectivity index (χ0) is 17.1. The van der Waals surface area contributed by atoms with Crippen molar-refractivity contribution in [1.82, 2.24) is 10.6 Å². The van der Waals surface area contributed by atoms with Crippen LogP contribution in [0.3, 0.4) is 0 Å². The molecule has 0 bridgehead atoms. The smallest absolute Gasteiger partial charge is 0.191 e. The first-order valence-corrected chi connectivity index (χ1v) is 10.8. The van der Waals surface area contributed by atoms with E-state index in [9.17, 15) is 8.42 Å². The minimum atomic E-state index is -2.82. The maximum absolute atomic E-state index is 11.6. The Balaban J connectivity index is 0.00000288. The van der Waals surface area contributed by atoms with Crippen LogP contribution in [-0.2, 0) is 9.84 Å². The van der Waals surface area contributed by atoms with E-state index in [2.05, 4.69) is 43.3 Å². The van der Waals surface area contributed by atoms with Gasteiger partial charge in [-0.15, -0.1) is 24.0 Å². The van der Waals surface area contributed by atoms with Crippen LogP contribution >= 0.6 is 24.0 Å². The molecule has 2 N–H and O–H groups in total. The highest BCUT2D eigenvalue weighted by molar-refractivity contribution is 14.0. The first-order chi connectivity index (χ1) is 10.7. The Kier molecular flexibility index (Phi) is 8.29. The Morgan fingerprint density at radius 3 is 2.33 bits per heavy atom. The first kappa shape index (κ1) is 22.0. The summed E-state index contributed by atoms with van der Waals surface area (Å²) in [4.78, 5) is 4.67. The molecule has 0 amide bonds. The molecule has 0 aromatic rings. The second kappa shape index (κ2) is 9.05. The lowest BCUT2D eigenvalue weighted by molar-refractivity contribution is 0.216. The molecular weight excluding hydrogens is 437 g/mol. The molecule has 0 aromatic heterocycles. The molecule has 2 fully saturated rings. The Hall–Kier alpha value is -0.0500. The molecule has 5 nitrogen and oxygen atoms in total. The first-order valence-electron chi connectivity index (χ1n) is 8.93. The zero-order valence-electron chi connectivity index (χ0n) is 15.5. The number of guanidine groups is 1. The number of hydrogen-bond donors (Lipinski definition) is 2. The third-order valence-electron chi connectivity index (χ3n) is 4.94. The average Bonchev–Trinajstić information content (AvgIpc) is 2.77. The fourth-order valence-electron chi connectivity index (χ4n) is 3.38. The van der Waals surface area contributed by atoms with Gasteiger partial charge in [0, 0.05) is 18.6 Å². The van der Waals surface area contributed by atoms with Gasteiger partial charge in [0.2, 0.25) is 0 Å². The van der Waals surface area contributed by atoms with Crippen LogP contribution < -0.4 is 10.6 Å². The van der Waals surface area contributed by atoms with Gasteiger partial charge in [0.05, 0.1) is 11.5 Å². The summed E-state index contributed by atoms with van der Waals surface area (Å²) in [6, 6.07) is 0.786. The van der Waals surface area contributed by atoms with Crippen molar-refractivity contribution in [2.45, 2.75) is 71.9 Å². The third kappa shape index (κ3) is 7.45. The molecule has 0 spiro atoms. The summed E-state index contributed by atoms with van der Waals surface area (Å²) in [6.07, 6.45) is 5.56. The molecule has 1 aliphatic carbocycles. The minimum Gasteiger partial charge on any atom is -0.354 e. The summed E-state index contributed by atoms with van der Waals surface area (Å²) in [6.45, 7) is 9.47. The number of rotatable bonds is 4. The molecule has 1 saturated heterocycles. The summed E-state index contributed by atoms with van der Waals surface area (Å²) in [7, 11) is -2.82. The number of hydrogen-bond acceptors (Lipinski definition) is 3. The van der Waals surface area contributed by atoms with Crippen molar-refractivity contribution >= 4 is 39.8 Å². The number of nitrogens with one attached hydrogen (secondary N) is 2. The Labute approximate surface area is 164 Å². The molecule has 0 radical (unpaired) electrons. The van der Waals surface area contributed by atoms with Gasteiger partial charge in [0.15, 0.2) is 15.8 Å². The van der Waals surface area contributed by atoms with E-state index in [0.29, 0.717) is 35.5 Å². The topological polar surface area (TPSA) is 70.6 Å². The molecule has 0 aromatic carbocycles. The molecule has 2 rings (SSSR count). The Morgan fingerprint density at radius 1 is 1.21 bits per heavy atom. The summed E-state index contributed by atoms with van der Waals surface area (Å²) < 4.78 is 23.1. The fraction of sp³-hybridized carbons (Fsp3) is 0.941. The van der Waals surface area contributed by atoms with Crippen molar-refractivity contribution in [3.05, 3.63) is 0 Å². The van der Waals surface area contributed by atoms with E-state index < -0.39 is 9.84 Å².